The Hall–Kier alpha value is -2.83. The highest BCUT2D eigenvalue weighted by molar-refractivity contribution is 5.66. The molecular formula is C19H15F3N2O2. The first-order chi connectivity index (χ1) is 12.4. The molecule has 1 aliphatic heterocycles. The number of halogens is 3. The summed E-state index contributed by atoms with van der Waals surface area (Å²) >= 11 is 0. The molecule has 1 N–H and O–H groups in total. The molecule has 2 aromatic carbocycles. The van der Waals surface area contributed by atoms with Gasteiger partial charge in [0.2, 0.25) is 0 Å². The van der Waals surface area contributed by atoms with E-state index >= 15 is 0 Å². The first kappa shape index (κ1) is 16.6. The number of nitro groups is 1. The van der Waals surface area contributed by atoms with Crippen LogP contribution in [0.25, 0.3) is 0 Å². The number of nitrogens with zero attached hydrogens (tertiary/aromatic N) is 1. The number of allylic oxidation sites excluding steroid dienone is 2. The normalized spacial score (nSPS) is 23.9. The molecule has 4 nitrogen and oxygen atoms in total. The van der Waals surface area contributed by atoms with Crippen molar-refractivity contribution in [2.45, 2.75) is 24.6 Å². The molecule has 134 valence electrons. The molecule has 0 amide bonds. The van der Waals surface area contributed by atoms with Crippen molar-refractivity contribution in [2.24, 2.45) is 5.92 Å². The van der Waals surface area contributed by atoms with Crippen LogP contribution in [-0.2, 0) is 6.18 Å². The van der Waals surface area contributed by atoms with Crippen molar-refractivity contribution in [1.82, 2.24) is 0 Å². The van der Waals surface area contributed by atoms with Gasteiger partial charge in [0.15, 0.2) is 0 Å². The van der Waals surface area contributed by atoms with E-state index in [-0.39, 0.29) is 23.2 Å². The second-order valence-corrected chi connectivity index (χ2v) is 6.56. The van der Waals surface area contributed by atoms with E-state index in [0.29, 0.717) is 17.5 Å². The third-order valence-corrected chi connectivity index (χ3v) is 5.17. The third-order valence-electron chi connectivity index (χ3n) is 5.17. The number of alkyl halides is 3. The lowest BCUT2D eigenvalue weighted by Gasteiger charge is -2.38. The molecule has 2 aromatic rings. The highest BCUT2D eigenvalue weighted by Crippen LogP contribution is 2.53. The number of para-hydroxylation sites is 2. The summed E-state index contributed by atoms with van der Waals surface area (Å²) in [6.45, 7) is 0. The van der Waals surface area contributed by atoms with Crippen molar-refractivity contribution in [2.75, 3.05) is 5.32 Å². The summed E-state index contributed by atoms with van der Waals surface area (Å²) in [4.78, 5) is 10.9. The van der Waals surface area contributed by atoms with Crippen molar-refractivity contribution in [1.29, 1.82) is 0 Å². The van der Waals surface area contributed by atoms with Crippen LogP contribution in [0.15, 0.2) is 54.6 Å². The molecular weight excluding hydrogens is 345 g/mol. The van der Waals surface area contributed by atoms with Gasteiger partial charge in [0.25, 0.3) is 5.69 Å². The third kappa shape index (κ3) is 2.55. The number of benzene rings is 2. The monoisotopic (exact) mass is 360 g/mol. The van der Waals surface area contributed by atoms with Gasteiger partial charge in [-0.05, 0) is 24.0 Å². The number of nitrogens with one attached hydrogen (secondary N) is 1. The molecule has 0 aromatic heterocycles. The summed E-state index contributed by atoms with van der Waals surface area (Å²) < 4.78 is 40.5. The highest BCUT2D eigenvalue weighted by Gasteiger charge is 2.44. The standard InChI is InChI=1S/C19H15F3N2O2/c20-19(21,22)15-9-4-8-13-11-6-3-7-12(11)17(23-18(13)15)14-5-1-2-10-16(14)24(25)26/h1-6,8-12,17,23H,7H2/t11-,12-,17+/m0/s1. The fourth-order valence-electron chi connectivity index (χ4n) is 4.08. The van der Waals surface area contributed by atoms with E-state index in [1.165, 1.54) is 12.1 Å². The molecule has 1 aliphatic carbocycles. The quantitative estimate of drug-likeness (QED) is 0.441. The van der Waals surface area contributed by atoms with E-state index in [0.717, 1.165) is 6.07 Å². The van der Waals surface area contributed by atoms with Crippen LogP contribution in [0, 0.1) is 16.0 Å². The molecule has 0 radical (unpaired) electrons. The molecule has 4 rings (SSSR count). The van der Waals surface area contributed by atoms with E-state index in [1.807, 2.05) is 12.2 Å². The molecule has 1 heterocycles. The summed E-state index contributed by atoms with van der Waals surface area (Å²) in [6, 6.07) is 9.83. The molecule has 26 heavy (non-hydrogen) atoms. The van der Waals surface area contributed by atoms with E-state index < -0.39 is 22.7 Å². The van der Waals surface area contributed by atoms with Gasteiger partial charge >= 0.3 is 6.18 Å². The Morgan fingerprint density at radius 1 is 1.08 bits per heavy atom. The Kier molecular flexibility index (Phi) is 3.75. The Morgan fingerprint density at radius 2 is 1.81 bits per heavy atom. The molecule has 0 fully saturated rings. The number of rotatable bonds is 2. The van der Waals surface area contributed by atoms with Crippen molar-refractivity contribution < 1.29 is 18.1 Å². The fraction of sp³-hybridized carbons (Fsp3) is 0.263. The fourth-order valence-corrected chi connectivity index (χ4v) is 4.08. The van der Waals surface area contributed by atoms with Crippen molar-refractivity contribution in [3.8, 4) is 0 Å². The molecule has 3 atom stereocenters. The van der Waals surface area contributed by atoms with Gasteiger partial charge in [-0.2, -0.15) is 13.2 Å². The second kappa shape index (κ2) is 5.86. The minimum Gasteiger partial charge on any atom is -0.377 e. The van der Waals surface area contributed by atoms with Crippen molar-refractivity contribution in [3.05, 3.63) is 81.4 Å². The topological polar surface area (TPSA) is 55.2 Å². The van der Waals surface area contributed by atoms with Gasteiger partial charge in [0, 0.05) is 12.0 Å². The van der Waals surface area contributed by atoms with E-state index in [1.54, 1.807) is 24.3 Å². The zero-order chi connectivity index (χ0) is 18.5. The Morgan fingerprint density at radius 3 is 2.54 bits per heavy atom. The molecule has 0 unspecified atom stereocenters. The number of hydrogen-bond donors (Lipinski definition) is 1. The Bertz CT molecular complexity index is 908. The van der Waals surface area contributed by atoms with E-state index in [9.17, 15) is 23.3 Å². The van der Waals surface area contributed by atoms with Crippen LogP contribution >= 0.6 is 0 Å². The molecule has 0 bridgehead atoms. The maximum Gasteiger partial charge on any atom is 0.418 e. The maximum absolute atomic E-state index is 13.5. The summed E-state index contributed by atoms with van der Waals surface area (Å²) in [5.41, 5.74) is 0.212. The van der Waals surface area contributed by atoms with Gasteiger partial charge in [0.1, 0.15) is 0 Å². The van der Waals surface area contributed by atoms with Crippen molar-refractivity contribution in [3.63, 3.8) is 0 Å². The zero-order valence-corrected chi connectivity index (χ0v) is 13.5. The summed E-state index contributed by atoms with van der Waals surface area (Å²) in [7, 11) is 0. The van der Waals surface area contributed by atoms with Crippen LogP contribution in [-0.4, -0.2) is 4.92 Å². The number of nitro benzene ring substituents is 1. The molecule has 2 aliphatic rings. The molecule has 0 saturated heterocycles. The second-order valence-electron chi connectivity index (χ2n) is 6.56. The number of anilines is 1. The SMILES string of the molecule is O=[N+]([O-])c1ccccc1[C@@H]1Nc2c(cccc2C(F)(F)F)[C@H]2C=CC[C@@H]21. The van der Waals surface area contributed by atoms with Crippen LogP contribution in [0.2, 0.25) is 0 Å². The van der Waals surface area contributed by atoms with Crippen LogP contribution < -0.4 is 5.32 Å². The van der Waals surface area contributed by atoms with Crippen molar-refractivity contribution >= 4 is 11.4 Å². The Labute approximate surface area is 147 Å². The minimum absolute atomic E-state index is 0.0240. The Balaban J connectivity index is 1.88. The van der Waals surface area contributed by atoms with Crippen LogP contribution in [0.1, 0.15) is 35.1 Å². The van der Waals surface area contributed by atoms with Gasteiger partial charge < -0.3 is 5.32 Å². The number of fused-ring (bicyclic) bond motifs is 3. The first-order valence-corrected chi connectivity index (χ1v) is 8.24. The predicted molar refractivity (Wildman–Crippen MR) is 90.9 cm³/mol. The van der Waals surface area contributed by atoms with Gasteiger partial charge in [-0.3, -0.25) is 10.1 Å². The first-order valence-electron chi connectivity index (χ1n) is 8.24. The summed E-state index contributed by atoms with van der Waals surface area (Å²) in [5.74, 6) is -0.259. The minimum atomic E-state index is -4.50. The summed E-state index contributed by atoms with van der Waals surface area (Å²) in [5, 5.41) is 14.4. The highest BCUT2D eigenvalue weighted by atomic mass is 19.4. The predicted octanol–water partition coefficient (Wildman–Crippen LogP) is 5.44. The van der Waals surface area contributed by atoms with Gasteiger partial charge in [-0.25, -0.2) is 0 Å². The summed E-state index contributed by atoms with van der Waals surface area (Å²) in [6.07, 6.45) is 0.00511. The van der Waals surface area contributed by atoms with E-state index in [2.05, 4.69) is 5.32 Å². The van der Waals surface area contributed by atoms with Crippen LogP contribution in [0.3, 0.4) is 0 Å². The maximum atomic E-state index is 13.5. The van der Waals surface area contributed by atoms with Crippen LogP contribution in [0.4, 0.5) is 24.5 Å². The smallest absolute Gasteiger partial charge is 0.377 e. The van der Waals surface area contributed by atoms with Gasteiger partial charge in [-0.15, -0.1) is 0 Å². The molecule has 0 saturated carbocycles. The van der Waals surface area contributed by atoms with Gasteiger partial charge in [-0.1, -0.05) is 42.5 Å². The lowest BCUT2D eigenvalue weighted by atomic mass is 9.76. The average Bonchev–Trinajstić information content (AvgIpc) is 3.09. The number of hydrogen-bond acceptors (Lipinski definition) is 3. The van der Waals surface area contributed by atoms with Gasteiger partial charge in [0.05, 0.1) is 27.8 Å². The largest absolute Gasteiger partial charge is 0.418 e. The van der Waals surface area contributed by atoms with E-state index in [4.69, 9.17) is 0 Å². The molecule has 7 heteroatoms. The average molecular weight is 360 g/mol. The van der Waals surface area contributed by atoms with Crippen LogP contribution in [0.5, 0.6) is 0 Å². The zero-order valence-electron chi connectivity index (χ0n) is 13.5. The molecule has 0 spiro atoms. The lowest BCUT2D eigenvalue weighted by molar-refractivity contribution is -0.385. The lowest BCUT2D eigenvalue weighted by Crippen LogP contribution is -2.31.